The molecule has 1 N–H and O–H groups in total. The fourth-order valence-electron chi connectivity index (χ4n) is 3.57. The molecule has 0 spiro atoms. The number of aliphatic carboxylic acids is 1. The van der Waals surface area contributed by atoms with Gasteiger partial charge >= 0.3 is 5.97 Å². The molecule has 25 heavy (non-hydrogen) atoms. The van der Waals surface area contributed by atoms with E-state index in [0.717, 1.165) is 16.7 Å². The molecule has 0 heterocycles. The predicted octanol–water partition coefficient (Wildman–Crippen LogP) is 4.79. The van der Waals surface area contributed by atoms with Crippen LogP contribution < -0.4 is 0 Å². The molecule has 0 radical (unpaired) electrons. The van der Waals surface area contributed by atoms with Crippen LogP contribution in [0, 0.1) is 0 Å². The normalized spacial score (nSPS) is 13.8. The first-order valence-electron chi connectivity index (χ1n) is 8.13. The zero-order chi connectivity index (χ0) is 17.9. The Hall–Kier alpha value is -2.52. The Labute approximate surface area is 153 Å². The van der Waals surface area contributed by atoms with Gasteiger partial charge in [-0.15, -0.1) is 0 Å². The van der Waals surface area contributed by atoms with E-state index in [1.54, 1.807) is 6.92 Å². The van der Waals surface area contributed by atoms with Crippen molar-refractivity contribution >= 4 is 18.6 Å². The van der Waals surface area contributed by atoms with Crippen molar-refractivity contribution in [3.8, 4) is 0 Å². The van der Waals surface area contributed by atoms with Gasteiger partial charge in [0.25, 0.3) is 0 Å². The lowest BCUT2D eigenvalue weighted by molar-refractivity contribution is -0.140. The van der Waals surface area contributed by atoms with Crippen molar-refractivity contribution in [2.45, 2.75) is 17.1 Å². The van der Waals surface area contributed by atoms with Gasteiger partial charge in [0.2, 0.25) is 0 Å². The lowest BCUT2D eigenvalue weighted by Crippen LogP contribution is -2.52. The molecule has 0 aliphatic carbocycles. The summed E-state index contributed by atoms with van der Waals surface area (Å²) in [5, 5.41) is 10.1. The molecule has 0 amide bonds. The van der Waals surface area contributed by atoms with E-state index in [9.17, 15) is 9.90 Å². The van der Waals surface area contributed by atoms with E-state index in [4.69, 9.17) is 12.6 Å². The number of thiol groups is 1. The first-order valence-corrected chi connectivity index (χ1v) is 8.58. The van der Waals surface area contributed by atoms with E-state index in [1.165, 1.54) is 0 Å². The summed E-state index contributed by atoms with van der Waals surface area (Å²) in [6, 6.07) is 29.2. The lowest BCUT2D eigenvalue weighted by atomic mass is 9.61. The van der Waals surface area contributed by atoms with Gasteiger partial charge in [0.05, 0.1) is 5.41 Å². The summed E-state index contributed by atoms with van der Waals surface area (Å²) >= 11 is 4.70. The molecule has 3 heteroatoms. The van der Waals surface area contributed by atoms with Gasteiger partial charge < -0.3 is 5.11 Å². The fraction of sp³-hybridized carbons (Fsp3) is 0.136. The molecule has 126 valence electrons. The maximum absolute atomic E-state index is 12.3. The smallest absolute Gasteiger partial charge is 0.320 e. The summed E-state index contributed by atoms with van der Waals surface area (Å²) in [6.07, 6.45) is 0. The van der Waals surface area contributed by atoms with E-state index in [-0.39, 0.29) is 0 Å². The second-order valence-corrected chi connectivity index (χ2v) is 7.12. The molecule has 0 bridgehead atoms. The molecule has 3 aromatic carbocycles. The van der Waals surface area contributed by atoms with Crippen molar-refractivity contribution in [2.75, 3.05) is 0 Å². The van der Waals surface area contributed by atoms with E-state index in [2.05, 4.69) is 0 Å². The summed E-state index contributed by atoms with van der Waals surface area (Å²) in [7, 11) is 0. The molecule has 0 aliphatic heterocycles. The highest BCUT2D eigenvalue weighted by Crippen LogP contribution is 2.50. The Balaban J connectivity index is 2.47. The molecule has 3 aromatic rings. The minimum atomic E-state index is -1.36. The van der Waals surface area contributed by atoms with Gasteiger partial charge in [-0.2, -0.15) is 12.6 Å². The minimum Gasteiger partial charge on any atom is -0.480 e. The van der Waals surface area contributed by atoms with Crippen molar-refractivity contribution in [3.63, 3.8) is 0 Å². The van der Waals surface area contributed by atoms with Crippen LogP contribution in [0.5, 0.6) is 0 Å². The molecule has 0 saturated carbocycles. The third kappa shape index (κ3) is 2.75. The summed E-state index contributed by atoms with van der Waals surface area (Å²) in [4.78, 5) is 12.3. The first kappa shape index (κ1) is 17.3. The van der Waals surface area contributed by atoms with Crippen molar-refractivity contribution in [1.29, 1.82) is 0 Å². The topological polar surface area (TPSA) is 37.3 Å². The van der Waals surface area contributed by atoms with Crippen molar-refractivity contribution in [1.82, 2.24) is 0 Å². The standard InChI is InChI=1S/C22H20O2S/c1-21(25,20(23)24)22(17-11-5-2-6-12-17,18-13-7-3-8-14-18)19-15-9-4-10-16-19/h2-16,25H,1H3,(H,23,24)/t21-/m1/s1. The number of carboxylic acid groups (broad SMARTS) is 1. The molecular weight excluding hydrogens is 328 g/mol. The Kier molecular flexibility index (Phi) is 4.69. The van der Waals surface area contributed by atoms with Crippen molar-refractivity contribution in [3.05, 3.63) is 108 Å². The number of hydrogen-bond acceptors (Lipinski definition) is 2. The molecule has 2 nitrogen and oxygen atoms in total. The Bertz CT molecular complexity index is 746. The van der Waals surface area contributed by atoms with Crippen LogP contribution in [0.1, 0.15) is 23.6 Å². The highest BCUT2D eigenvalue weighted by Gasteiger charge is 2.54. The molecule has 1 atom stereocenters. The van der Waals surface area contributed by atoms with Crippen LogP contribution in [0.4, 0.5) is 0 Å². The molecule has 0 saturated heterocycles. The summed E-state index contributed by atoms with van der Waals surface area (Å²) < 4.78 is -1.36. The van der Waals surface area contributed by atoms with Crippen LogP contribution in [0.2, 0.25) is 0 Å². The number of benzene rings is 3. The number of carboxylic acids is 1. The van der Waals surface area contributed by atoms with E-state index in [0.29, 0.717) is 0 Å². The Morgan fingerprint density at radius 1 is 0.720 bits per heavy atom. The average Bonchev–Trinajstić information content (AvgIpc) is 2.65. The molecule has 0 fully saturated rings. The highest BCUT2D eigenvalue weighted by molar-refractivity contribution is 7.82. The van der Waals surface area contributed by atoms with E-state index >= 15 is 0 Å². The maximum Gasteiger partial charge on any atom is 0.320 e. The van der Waals surface area contributed by atoms with Crippen LogP contribution in [-0.4, -0.2) is 15.8 Å². The SMILES string of the molecule is C[C@@](S)(C(=O)O)C(c1ccccc1)(c1ccccc1)c1ccccc1. The van der Waals surface area contributed by atoms with E-state index in [1.807, 2.05) is 91.0 Å². The second kappa shape index (κ2) is 6.77. The molecular formula is C22H20O2S. The quantitative estimate of drug-likeness (QED) is 0.514. The monoisotopic (exact) mass is 348 g/mol. The van der Waals surface area contributed by atoms with Crippen LogP contribution in [-0.2, 0) is 10.2 Å². The van der Waals surface area contributed by atoms with Crippen molar-refractivity contribution < 1.29 is 9.90 Å². The summed E-state index contributed by atoms with van der Waals surface area (Å²) in [6.45, 7) is 1.67. The predicted molar refractivity (Wildman–Crippen MR) is 104 cm³/mol. The van der Waals surface area contributed by atoms with Gasteiger partial charge in [-0.3, -0.25) is 4.79 Å². The Morgan fingerprint density at radius 3 is 1.24 bits per heavy atom. The molecule has 3 rings (SSSR count). The van der Waals surface area contributed by atoms with Gasteiger partial charge in [-0.1, -0.05) is 91.0 Å². The zero-order valence-electron chi connectivity index (χ0n) is 14.0. The molecule has 0 aromatic heterocycles. The number of rotatable bonds is 5. The lowest BCUT2D eigenvalue weighted by Gasteiger charge is -2.45. The molecule has 0 unspecified atom stereocenters. The largest absolute Gasteiger partial charge is 0.480 e. The van der Waals surface area contributed by atoms with Gasteiger partial charge in [-0.25, -0.2) is 0 Å². The summed E-state index contributed by atoms with van der Waals surface area (Å²) in [5.74, 6) is -0.965. The maximum atomic E-state index is 12.3. The average molecular weight is 348 g/mol. The minimum absolute atomic E-state index is 0.896. The Morgan fingerprint density at radius 2 is 1.00 bits per heavy atom. The highest BCUT2D eigenvalue weighted by atomic mass is 32.1. The van der Waals surface area contributed by atoms with Crippen molar-refractivity contribution in [2.24, 2.45) is 0 Å². The van der Waals surface area contributed by atoms with Gasteiger partial charge in [0.15, 0.2) is 0 Å². The van der Waals surface area contributed by atoms with Crippen LogP contribution >= 0.6 is 12.6 Å². The third-order valence-electron chi connectivity index (χ3n) is 4.77. The van der Waals surface area contributed by atoms with Gasteiger partial charge in [0, 0.05) is 0 Å². The fourth-order valence-corrected chi connectivity index (χ4v) is 3.96. The summed E-state index contributed by atoms with van der Waals surface area (Å²) in [5.41, 5.74) is 1.75. The molecule has 0 aliphatic rings. The van der Waals surface area contributed by atoms with Gasteiger partial charge in [0.1, 0.15) is 4.75 Å². The number of hydrogen-bond donors (Lipinski definition) is 2. The zero-order valence-corrected chi connectivity index (χ0v) is 14.9. The van der Waals surface area contributed by atoms with E-state index < -0.39 is 16.1 Å². The van der Waals surface area contributed by atoms with Crippen LogP contribution in [0.3, 0.4) is 0 Å². The van der Waals surface area contributed by atoms with Gasteiger partial charge in [-0.05, 0) is 23.6 Å². The second-order valence-electron chi connectivity index (χ2n) is 6.23. The first-order chi connectivity index (χ1) is 12.0. The van der Waals surface area contributed by atoms with Crippen LogP contribution in [0.15, 0.2) is 91.0 Å². The van der Waals surface area contributed by atoms with Crippen LogP contribution in [0.25, 0.3) is 0 Å². The third-order valence-corrected chi connectivity index (χ3v) is 5.29. The number of carbonyl (C=O) groups is 1.